The minimum atomic E-state index is 0. The molecule has 0 spiro atoms. The quantitative estimate of drug-likeness (QED) is 0.340. The zero-order valence-electron chi connectivity index (χ0n) is 15.6. The van der Waals surface area contributed by atoms with E-state index in [2.05, 4.69) is 22.8 Å². The number of nitrogens with zero attached hydrogens (tertiary/aromatic N) is 1. The van der Waals surface area contributed by atoms with Gasteiger partial charge in [-0.05, 0) is 48.4 Å². The van der Waals surface area contributed by atoms with Gasteiger partial charge in [0, 0.05) is 24.8 Å². The highest BCUT2D eigenvalue weighted by molar-refractivity contribution is 14.0. The van der Waals surface area contributed by atoms with Crippen LogP contribution >= 0.6 is 35.7 Å². The summed E-state index contributed by atoms with van der Waals surface area (Å²) in [5.41, 5.74) is 1.16. The van der Waals surface area contributed by atoms with Crippen LogP contribution in [0.3, 0.4) is 0 Å². The number of thioether (sulfide) groups is 1. The third-order valence-electron chi connectivity index (χ3n) is 4.32. The van der Waals surface area contributed by atoms with Gasteiger partial charge in [-0.3, -0.25) is 0 Å². The molecule has 1 saturated heterocycles. The Kier molecular flexibility index (Phi) is 9.90. The SMILES string of the molecule is COc1ccc(CN=C(NCCc2ccco2)NC2CCCSC2)cc1.I. The summed E-state index contributed by atoms with van der Waals surface area (Å²) >= 11 is 2.01. The van der Waals surface area contributed by atoms with Gasteiger partial charge in [-0.15, -0.1) is 24.0 Å². The summed E-state index contributed by atoms with van der Waals surface area (Å²) in [5.74, 6) is 5.14. The van der Waals surface area contributed by atoms with Crippen LogP contribution in [0, 0.1) is 0 Å². The lowest BCUT2D eigenvalue weighted by Gasteiger charge is -2.24. The lowest BCUT2D eigenvalue weighted by molar-refractivity contribution is 0.414. The molecule has 0 bridgehead atoms. The number of rotatable bonds is 7. The van der Waals surface area contributed by atoms with Crippen molar-refractivity contribution in [3.05, 3.63) is 54.0 Å². The Morgan fingerprint density at radius 3 is 2.81 bits per heavy atom. The molecule has 1 atom stereocenters. The Hall–Kier alpha value is -1.35. The second-order valence-corrected chi connectivity index (χ2v) is 7.48. The van der Waals surface area contributed by atoms with Gasteiger partial charge in [-0.25, -0.2) is 4.99 Å². The Labute approximate surface area is 182 Å². The second-order valence-electron chi connectivity index (χ2n) is 6.33. The van der Waals surface area contributed by atoms with E-state index in [-0.39, 0.29) is 24.0 Å². The highest BCUT2D eigenvalue weighted by Gasteiger charge is 2.15. The van der Waals surface area contributed by atoms with Gasteiger partial charge in [0.2, 0.25) is 0 Å². The molecule has 148 valence electrons. The normalized spacial score (nSPS) is 17.1. The highest BCUT2D eigenvalue weighted by Crippen LogP contribution is 2.17. The Morgan fingerprint density at radius 2 is 2.15 bits per heavy atom. The number of hydrogen-bond acceptors (Lipinski definition) is 4. The fourth-order valence-corrected chi connectivity index (χ4v) is 3.93. The molecule has 2 N–H and O–H groups in total. The largest absolute Gasteiger partial charge is 0.497 e. The molecule has 2 aromatic rings. The molecule has 7 heteroatoms. The summed E-state index contributed by atoms with van der Waals surface area (Å²) < 4.78 is 10.6. The van der Waals surface area contributed by atoms with Crippen LogP contribution in [0.1, 0.15) is 24.2 Å². The summed E-state index contributed by atoms with van der Waals surface area (Å²) in [6.07, 6.45) is 5.02. The Bertz CT molecular complexity index is 671. The molecule has 1 aliphatic rings. The molecule has 1 aromatic carbocycles. The van der Waals surface area contributed by atoms with Crippen LogP contribution in [-0.2, 0) is 13.0 Å². The standard InChI is InChI=1S/C20H27N3O2S.HI/c1-24-18-8-6-16(7-9-18)14-22-20(23-17-4-3-13-26-15-17)21-11-10-19-5-2-12-25-19;/h2,5-9,12,17H,3-4,10-11,13-15H2,1H3,(H2,21,22,23);1H. The van der Waals surface area contributed by atoms with Crippen molar-refractivity contribution < 1.29 is 9.15 Å². The zero-order chi connectivity index (χ0) is 18.0. The predicted octanol–water partition coefficient (Wildman–Crippen LogP) is 4.08. The van der Waals surface area contributed by atoms with E-state index in [1.165, 1.54) is 18.6 Å². The van der Waals surface area contributed by atoms with Crippen molar-refractivity contribution in [1.29, 1.82) is 0 Å². The molecule has 3 rings (SSSR count). The van der Waals surface area contributed by atoms with Crippen LogP contribution in [0.25, 0.3) is 0 Å². The monoisotopic (exact) mass is 501 g/mol. The van der Waals surface area contributed by atoms with Gasteiger partial charge in [0.25, 0.3) is 0 Å². The molecule has 1 aliphatic heterocycles. The van der Waals surface area contributed by atoms with Crippen LogP contribution in [0.2, 0.25) is 0 Å². The molecule has 5 nitrogen and oxygen atoms in total. The van der Waals surface area contributed by atoms with Gasteiger partial charge in [-0.2, -0.15) is 11.8 Å². The number of nitrogens with one attached hydrogen (secondary N) is 2. The van der Waals surface area contributed by atoms with Gasteiger partial charge in [0.15, 0.2) is 5.96 Å². The van der Waals surface area contributed by atoms with Crippen molar-refractivity contribution in [1.82, 2.24) is 10.6 Å². The van der Waals surface area contributed by atoms with Crippen LogP contribution in [0.4, 0.5) is 0 Å². The first-order valence-electron chi connectivity index (χ1n) is 9.11. The van der Waals surface area contributed by atoms with Crippen LogP contribution in [0.5, 0.6) is 5.75 Å². The molecule has 0 radical (unpaired) electrons. The smallest absolute Gasteiger partial charge is 0.191 e. The molecule has 1 fully saturated rings. The van der Waals surface area contributed by atoms with E-state index < -0.39 is 0 Å². The minimum absolute atomic E-state index is 0. The summed E-state index contributed by atoms with van der Waals surface area (Å²) in [5, 5.41) is 7.03. The van der Waals surface area contributed by atoms with Crippen molar-refractivity contribution in [2.45, 2.75) is 31.8 Å². The minimum Gasteiger partial charge on any atom is -0.497 e. The van der Waals surface area contributed by atoms with Gasteiger partial charge >= 0.3 is 0 Å². The number of benzene rings is 1. The van der Waals surface area contributed by atoms with E-state index in [0.717, 1.165) is 41.8 Å². The van der Waals surface area contributed by atoms with Gasteiger partial charge in [0.1, 0.15) is 11.5 Å². The van der Waals surface area contributed by atoms with Crippen molar-refractivity contribution >= 4 is 41.7 Å². The number of hydrogen-bond donors (Lipinski definition) is 2. The van der Waals surface area contributed by atoms with E-state index in [1.807, 2.05) is 36.0 Å². The van der Waals surface area contributed by atoms with Crippen molar-refractivity contribution in [2.75, 3.05) is 25.2 Å². The first kappa shape index (κ1) is 21.9. The Balaban J connectivity index is 0.00000261. The van der Waals surface area contributed by atoms with Crippen LogP contribution < -0.4 is 15.4 Å². The van der Waals surface area contributed by atoms with Crippen molar-refractivity contribution in [3.63, 3.8) is 0 Å². The topological polar surface area (TPSA) is 58.8 Å². The maximum Gasteiger partial charge on any atom is 0.191 e. The molecule has 1 unspecified atom stereocenters. The van der Waals surface area contributed by atoms with Crippen LogP contribution in [-0.4, -0.2) is 37.2 Å². The number of methoxy groups -OCH3 is 1. The fourth-order valence-electron chi connectivity index (χ4n) is 2.86. The average molecular weight is 501 g/mol. The molecule has 27 heavy (non-hydrogen) atoms. The zero-order valence-corrected chi connectivity index (χ0v) is 18.8. The number of guanidine groups is 1. The summed E-state index contributed by atoms with van der Waals surface area (Å²) in [6.45, 7) is 1.43. The summed E-state index contributed by atoms with van der Waals surface area (Å²) in [4.78, 5) is 4.78. The molecule has 0 amide bonds. The first-order chi connectivity index (χ1) is 12.8. The molecule has 1 aromatic heterocycles. The summed E-state index contributed by atoms with van der Waals surface area (Å²) in [6, 6.07) is 12.5. The fraction of sp³-hybridized carbons (Fsp3) is 0.450. The van der Waals surface area contributed by atoms with E-state index in [1.54, 1.807) is 13.4 Å². The molecule has 0 saturated carbocycles. The third kappa shape index (κ3) is 7.65. The van der Waals surface area contributed by atoms with Gasteiger partial charge < -0.3 is 19.8 Å². The van der Waals surface area contributed by atoms with Crippen molar-refractivity contribution in [2.24, 2.45) is 4.99 Å². The van der Waals surface area contributed by atoms with Gasteiger partial charge in [0.05, 0.1) is 19.9 Å². The number of furan rings is 1. The molecular formula is C20H28IN3O2S. The lowest BCUT2D eigenvalue weighted by Crippen LogP contribution is -2.46. The average Bonchev–Trinajstić information content (AvgIpc) is 3.21. The molecule has 0 aliphatic carbocycles. The second kappa shape index (κ2) is 12.2. The third-order valence-corrected chi connectivity index (χ3v) is 5.54. The highest BCUT2D eigenvalue weighted by atomic mass is 127. The summed E-state index contributed by atoms with van der Waals surface area (Å²) in [7, 11) is 1.68. The Morgan fingerprint density at radius 1 is 1.30 bits per heavy atom. The predicted molar refractivity (Wildman–Crippen MR) is 123 cm³/mol. The molecule has 2 heterocycles. The number of ether oxygens (including phenoxy) is 1. The number of halogens is 1. The van der Waals surface area contributed by atoms with E-state index in [0.29, 0.717) is 12.6 Å². The van der Waals surface area contributed by atoms with Crippen LogP contribution in [0.15, 0.2) is 52.1 Å². The number of aliphatic imine (C=N–C) groups is 1. The van der Waals surface area contributed by atoms with Crippen molar-refractivity contribution in [3.8, 4) is 5.75 Å². The van der Waals surface area contributed by atoms with E-state index in [4.69, 9.17) is 14.1 Å². The first-order valence-corrected chi connectivity index (χ1v) is 10.3. The maximum absolute atomic E-state index is 5.40. The van der Waals surface area contributed by atoms with E-state index in [9.17, 15) is 0 Å². The maximum atomic E-state index is 5.40. The lowest BCUT2D eigenvalue weighted by atomic mass is 10.2. The molecular weight excluding hydrogens is 473 g/mol. The van der Waals surface area contributed by atoms with E-state index >= 15 is 0 Å². The van der Waals surface area contributed by atoms with Gasteiger partial charge in [-0.1, -0.05) is 12.1 Å².